The highest BCUT2D eigenvalue weighted by molar-refractivity contribution is 7.91. The zero-order valence-corrected chi connectivity index (χ0v) is 19.9. The van der Waals surface area contributed by atoms with Gasteiger partial charge in [0.15, 0.2) is 15.7 Å². The highest BCUT2D eigenvalue weighted by Gasteiger charge is 2.57. The lowest BCUT2D eigenvalue weighted by molar-refractivity contribution is 0.0983. The third-order valence-electron chi connectivity index (χ3n) is 6.84. The number of hydrogen-bond acceptors (Lipinski definition) is 8. The molecule has 0 unspecified atom stereocenters. The molecule has 0 amide bonds. The van der Waals surface area contributed by atoms with Gasteiger partial charge in [-0.25, -0.2) is 8.42 Å². The van der Waals surface area contributed by atoms with Crippen LogP contribution in [0, 0.1) is 12.8 Å². The number of nitrogens with zero attached hydrogens (tertiary/aromatic N) is 6. The second kappa shape index (κ2) is 8.25. The van der Waals surface area contributed by atoms with Crippen molar-refractivity contribution < 1.29 is 13.2 Å². The predicted molar refractivity (Wildman–Crippen MR) is 122 cm³/mol. The van der Waals surface area contributed by atoms with E-state index in [1.54, 1.807) is 25.5 Å². The van der Waals surface area contributed by atoms with Crippen molar-refractivity contribution in [3.05, 3.63) is 54.0 Å². The van der Waals surface area contributed by atoms with E-state index >= 15 is 0 Å². The maximum atomic E-state index is 13.5. The summed E-state index contributed by atoms with van der Waals surface area (Å²) in [5.74, 6) is 1.44. The van der Waals surface area contributed by atoms with Crippen molar-refractivity contribution in [2.45, 2.75) is 62.2 Å². The lowest BCUT2D eigenvalue weighted by atomic mass is 10.1. The summed E-state index contributed by atoms with van der Waals surface area (Å²) in [5, 5.41) is 7.95. The molecule has 2 fully saturated rings. The van der Waals surface area contributed by atoms with Crippen molar-refractivity contribution in [3.63, 3.8) is 0 Å². The molecule has 0 aliphatic heterocycles. The Hall–Kier alpha value is -2.72. The quantitative estimate of drug-likeness (QED) is 0.471. The minimum Gasteiger partial charge on any atom is -0.374 e. The number of sulfone groups is 1. The summed E-state index contributed by atoms with van der Waals surface area (Å²) >= 11 is 0. The second-order valence-electron chi connectivity index (χ2n) is 9.12. The molecule has 2 atom stereocenters. The van der Waals surface area contributed by atoms with Crippen molar-refractivity contribution in [1.29, 1.82) is 0 Å². The number of pyridine rings is 1. The van der Waals surface area contributed by atoms with Crippen LogP contribution in [0.1, 0.15) is 55.9 Å². The summed E-state index contributed by atoms with van der Waals surface area (Å²) in [4.78, 5) is 13.0. The molecule has 33 heavy (non-hydrogen) atoms. The Morgan fingerprint density at radius 2 is 1.94 bits per heavy atom. The molecule has 0 spiro atoms. The van der Waals surface area contributed by atoms with Crippen LogP contribution in [0.3, 0.4) is 0 Å². The standard InChI is InChI=1S/C23H28N6O3S/c1-15-12-26-19(13-25-15)21(32-3)16(2)33(30,31)14-20-27-28-22(18-6-4-5-11-24-18)29(20)23(9-10-23)17-7-8-17/h4-6,11-13,16-17,21H,7-10,14H2,1-3H3/t16-,21-/m0/s1. The summed E-state index contributed by atoms with van der Waals surface area (Å²) in [6, 6.07) is 5.65. The summed E-state index contributed by atoms with van der Waals surface area (Å²) in [5.41, 5.74) is 1.87. The van der Waals surface area contributed by atoms with Crippen LogP contribution in [0.25, 0.3) is 11.5 Å². The molecule has 9 nitrogen and oxygen atoms in total. The maximum Gasteiger partial charge on any atom is 0.183 e. The summed E-state index contributed by atoms with van der Waals surface area (Å²) in [6.07, 6.45) is 8.51. The van der Waals surface area contributed by atoms with Gasteiger partial charge in [0.25, 0.3) is 0 Å². The third kappa shape index (κ3) is 4.06. The van der Waals surface area contributed by atoms with Gasteiger partial charge in [-0.15, -0.1) is 10.2 Å². The number of ether oxygens (including phenoxy) is 1. The topological polar surface area (TPSA) is 113 Å². The first-order valence-electron chi connectivity index (χ1n) is 11.2. The van der Waals surface area contributed by atoms with E-state index in [0.717, 1.165) is 31.4 Å². The monoisotopic (exact) mass is 468 g/mol. The molecule has 0 radical (unpaired) electrons. The van der Waals surface area contributed by atoms with Crippen molar-refractivity contribution in [2.75, 3.05) is 7.11 Å². The number of aryl methyl sites for hydroxylation is 1. The van der Waals surface area contributed by atoms with Crippen LogP contribution in [-0.2, 0) is 25.9 Å². The maximum absolute atomic E-state index is 13.5. The zero-order chi connectivity index (χ0) is 23.2. The number of rotatable bonds is 9. The number of hydrogen-bond donors (Lipinski definition) is 0. The van der Waals surface area contributed by atoms with E-state index < -0.39 is 21.2 Å². The first-order chi connectivity index (χ1) is 15.9. The average molecular weight is 469 g/mol. The molecule has 0 aromatic carbocycles. The van der Waals surface area contributed by atoms with Gasteiger partial charge in [0, 0.05) is 19.5 Å². The van der Waals surface area contributed by atoms with Gasteiger partial charge in [-0.1, -0.05) is 6.07 Å². The van der Waals surface area contributed by atoms with Crippen molar-refractivity contribution in [2.24, 2.45) is 5.92 Å². The second-order valence-corrected chi connectivity index (χ2v) is 11.5. The fourth-order valence-electron chi connectivity index (χ4n) is 4.70. The molecule has 2 aliphatic rings. The Bertz CT molecular complexity index is 1230. The molecule has 3 aromatic heterocycles. The summed E-state index contributed by atoms with van der Waals surface area (Å²) < 4.78 is 34.7. The lowest BCUT2D eigenvalue weighted by Crippen LogP contribution is -2.31. The molecule has 0 N–H and O–H groups in total. The summed E-state index contributed by atoms with van der Waals surface area (Å²) in [6.45, 7) is 3.48. The Labute approximate surface area is 193 Å². The van der Waals surface area contributed by atoms with Gasteiger partial charge in [0.2, 0.25) is 0 Å². The van der Waals surface area contributed by atoms with Crippen LogP contribution in [0.4, 0.5) is 0 Å². The molecular weight excluding hydrogens is 440 g/mol. The fraction of sp³-hybridized carbons (Fsp3) is 0.522. The van der Waals surface area contributed by atoms with E-state index in [0.29, 0.717) is 29.0 Å². The van der Waals surface area contributed by atoms with Gasteiger partial charge < -0.3 is 9.30 Å². The molecule has 3 aromatic rings. The van der Waals surface area contributed by atoms with Crippen LogP contribution in [0.2, 0.25) is 0 Å². The van der Waals surface area contributed by atoms with Gasteiger partial charge in [-0.3, -0.25) is 15.0 Å². The molecule has 174 valence electrons. The molecule has 2 aliphatic carbocycles. The molecule has 5 rings (SSSR count). The predicted octanol–water partition coefficient (Wildman–Crippen LogP) is 3.03. The van der Waals surface area contributed by atoms with Gasteiger partial charge in [-0.2, -0.15) is 0 Å². The largest absolute Gasteiger partial charge is 0.374 e. The first kappa shape index (κ1) is 22.1. The summed E-state index contributed by atoms with van der Waals surface area (Å²) in [7, 11) is -2.16. The highest BCUT2D eigenvalue weighted by Crippen LogP contribution is 2.60. The molecule has 10 heteroatoms. The van der Waals surface area contributed by atoms with Crippen LogP contribution in [0.15, 0.2) is 36.8 Å². The van der Waals surface area contributed by atoms with E-state index in [-0.39, 0.29) is 11.3 Å². The molecular formula is C23H28N6O3S. The zero-order valence-electron chi connectivity index (χ0n) is 19.0. The smallest absolute Gasteiger partial charge is 0.183 e. The first-order valence-corrected chi connectivity index (χ1v) is 13.0. The third-order valence-corrected chi connectivity index (χ3v) is 8.88. The van der Waals surface area contributed by atoms with E-state index in [9.17, 15) is 8.42 Å². The molecule has 0 bridgehead atoms. The van der Waals surface area contributed by atoms with E-state index in [1.165, 1.54) is 7.11 Å². The van der Waals surface area contributed by atoms with Gasteiger partial charge in [0.05, 0.1) is 28.4 Å². The van der Waals surface area contributed by atoms with Gasteiger partial charge in [0.1, 0.15) is 23.4 Å². The van der Waals surface area contributed by atoms with E-state index in [1.807, 2.05) is 25.1 Å². The molecule has 2 saturated carbocycles. The molecule has 0 saturated heterocycles. The van der Waals surface area contributed by atoms with Crippen LogP contribution < -0.4 is 0 Å². The van der Waals surface area contributed by atoms with Crippen molar-refractivity contribution in [1.82, 2.24) is 29.7 Å². The Balaban J connectivity index is 1.49. The number of methoxy groups -OCH3 is 1. The Morgan fingerprint density at radius 1 is 1.15 bits per heavy atom. The van der Waals surface area contributed by atoms with Crippen LogP contribution >= 0.6 is 0 Å². The van der Waals surface area contributed by atoms with Crippen molar-refractivity contribution in [3.8, 4) is 11.5 Å². The van der Waals surface area contributed by atoms with Gasteiger partial charge >= 0.3 is 0 Å². The van der Waals surface area contributed by atoms with Crippen molar-refractivity contribution >= 4 is 9.84 Å². The minimum atomic E-state index is -3.65. The molecule has 3 heterocycles. The van der Waals surface area contributed by atoms with E-state index in [4.69, 9.17) is 4.74 Å². The average Bonchev–Trinajstić information content (AvgIpc) is 3.73. The number of aromatic nitrogens is 6. The normalized spacial score (nSPS) is 19.2. The SMILES string of the molecule is CO[C@H](c1cnc(C)cn1)[C@H](C)S(=O)(=O)Cc1nnc(-c2ccccn2)n1C1(C2CC2)CC1. The Morgan fingerprint density at radius 3 is 2.52 bits per heavy atom. The van der Waals surface area contributed by atoms with Crippen LogP contribution in [-0.4, -0.2) is 50.5 Å². The Kier molecular flexibility index (Phi) is 5.52. The van der Waals surface area contributed by atoms with Gasteiger partial charge in [-0.05, 0) is 57.6 Å². The van der Waals surface area contributed by atoms with Crippen LogP contribution in [0.5, 0.6) is 0 Å². The lowest BCUT2D eigenvalue weighted by Gasteiger charge is -2.24. The van der Waals surface area contributed by atoms with E-state index in [2.05, 4.69) is 29.7 Å². The highest BCUT2D eigenvalue weighted by atomic mass is 32.2. The fourth-order valence-corrected chi connectivity index (χ4v) is 6.14. The minimum absolute atomic E-state index is 0.0897.